The first-order valence-corrected chi connectivity index (χ1v) is 5.04. The lowest BCUT2D eigenvalue weighted by atomic mass is 10.2. The largest absolute Gasteiger partial charge is 0.497 e. The Hall–Kier alpha value is -2.43. The summed E-state index contributed by atoms with van der Waals surface area (Å²) in [6, 6.07) is 8.55. The Kier molecular flexibility index (Phi) is 2.74. The lowest BCUT2D eigenvalue weighted by Gasteiger charge is -2.09. The van der Waals surface area contributed by atoms with E-state index in [-0.39, 0.29) is 11.2 Å². The van der Waals surface area contributed by atoms with Crippen molar-refractivity contribution in [1.82, 2.24) is 4.57 Å². The maximum absolute atomic E-state index is 11.9. The van der Waals surface area contributed by atoms with E-state index in [0.717, 1.165) is 0 Å². The standard InChI is InChI=1S/C12H13N3O2/c1-17-10-4-2-3-9(6-10)15-7-8(13)5-11(14)12(15)16/h2-7H,13-14H2,1H3. The van der Waals surface area contributed by atoms with Crippen molar-refractivity contribution in [2.24, 2.45) is 0 Å². The van der Waals surface area contributed by atoms with Gasteiger partial charge in [0.25, 0.3) is 5.56 Å². The summed E-state index contributed by atoms with van der Waals surface area (Å²) < 4.78 is 6.49. The minimum atomic E-state index is -0.299. The number of methoxy groups -OCH3 is 1. The summed E-state index contributed by atoms with van der Waals surface area (Å²) in [4.78, 5) is 11.9. The molecule has 5 nitrogen and oxygen atoms in total. The van der Waals surface area contributed by atoms with Gasteiger partial charge in [-0.3, -0.25) is 9.36 Å². The number of rotatable bonds is 2. The third-order valence-electron chi connectivity index (χ3n) is 2.40. The van der Waals surface area contributed by atoms with Crippen LogP contribution in [0.4, 0.5) is 11.4 Å². The van der Waals surface area contributed by atoms with E-state index in [1.807, 2.05) is 0 Å². The third-order valence-corrected chi connectivity index (χ3v) is 2.40. The number of benzene rings is 1. The van der Waals surface area contributed by atoms with Crippen LogP contribution in [-0.4, -0.2) is 11.7 Å². The highest BCUT2D eigenvalue weighted by Crippen LogP contribution is 2.16. The summed E-state index contributed by atoms with van der Waals surface area (Å²) in [5, 5.41) is 0. The minimum Gasteiger partial charge on any atom is -0.497 e. The molecule has 0 aliphatic carbocycles. The summed E-state index contributed by atoms with van der Waals surface area (Å²) in [6.07, 6.45) is 1.54. The average Bonchev–Trinajstić information content (AvgIpc) is 2.34. The van der Waals surface area contributed by atoms with Crippen molar-refractivity contribution in [3.05, 3.63) is 46.9 Å². The number of aromatic nitrogens is 1. The zero-order chi connectivity index (χ0) is 12.4. The van der Waals surface area contributed by atoms with Crippen molar-refractivity contribution in [1.29, 1.82) is 0 Å². The van der Waals surface area contributed by atoms with Crippen LogP contribution in [-0.2, 0) is 0 Å². The van der Waals surface area contributed by atoms with Crippen molar-refractivity contribution in [2.45, 2.75) is 0 Å². The van der Waals surface area contributed by atoms with E-state index in [1.165, 1.54) is 16.8 Å². The van der Waals surface area contributed by atoms with Gasteiger partial charge in [-0.2, -0.15) is 0 Å². The number of nitrogen functional groups attached to an aromatic ring is 2. The zero-order valence-corrected chi connectivity index (χ0v) is 9.38. The molecule has 0 fully saturated rings. The van der Waals surface area contributed by atoms with Crippen LogP contribution in [0.25, 0.3) is 5.69 Å². The Morgan fingerprint density at radius 2 is 2.00 bits per heavy atom. The van der Waals surface area contributed by atoms with E-state index in [4.69, 9.17) is 16.2 Å². The number of pyridine rings is 1. The molecule has 0 saturated carbocycles. The molecule has 2 aromatic rings. The molecule has 1 aromatic heterocycles. The lowest BCUT2D eigenvalue weighted by molar-refractivity contribution is 0.414. The van der Waals surface area contributed by atoms with Gasteiger partial charge in [0.15, 0.2) is 0 Å². The van der Waals surface area contributed by atoms with Crippen LogP contribution in [0.15, 0.2) is 41.3 Å². The summed E-state index contributed by atoms with van der Waals surface area (Å²) in [7, 11) is 1.57. The molecule has 0 amide bonds. The number of anilines is 2. The molecule has 0 radical (unpaired) electrons. The van der Waals surface area contributed by atoms with E-state index in [0.29, 0.717) is 17.1 Å². The van der Waals surface area contributed by atoms with Gasteiger partial charge < -0.3 is 16.2 Å². The molecule has 0 bridgehead atoms. The molecular formula is C12H13N3O2. The molecule has 0 unspecified atom stereocenters. The number of ether oxygens (including phenoxy) is 1. The molecule has 2 rings (SSSR count). The van der Waals surface area contributed by atoms with Gasteiger partial charge in [0, 0.05) is 12.3 Å². The first kappa shape index (κ1) is 11.1. The molecule has 17 heavy (non-hydrogen) atoms. The molecule has 0 spiro atoms. The number of hydrogen-bond acceptors (Lipinski definition) is 4. The predicted octanol–water partition coefficient (Wildman–Crippen LogP) is 1.01. The second-order valence-electron chi connectivity index (χ2n) is 3.61. The molecule has 0 atom stereocenters. The normalized spacial score (nSPS) is 10.2. The van der Waals surface area contributed by atoms with Crippen LogP contribution >= 0.6 is 0 Å². The van der Waals surface area contributed by atoms with Gasteiger partial charge >= 0.3 is 0 Å². The smallest absolute Gasteiger partial charge is 0.278 e. The van der Waals surface area contributed by atoms with Crippen LogP contribution in [0.5, 0.6) is 5.75 Å². The second kappa shape index (κ2) is 4.21. The van der Waals surface area contributed by atoms with Crippen LogP contribution < -0.4 is 21.8 Å². The maximum atomic E-state index is 11.9. The molecule has 0 saturated heterocycles. The van der Waals surface area contributed by atoms with Crippen molar-refractivity contribution in [3.63, 3.8) is 0 Å². The third kappa shape index (κ3) is 2.08. The molecule has 4 N–H and O–H groups in total. The summed E-state index contributed by atoms with van der Waals surface area (Å²) in [5.41, 5.74) is 12.2. The second-order valence-corrected chi connectivity index (χ2v) is 3.61. The molecule has 0 aliphatic rings. The number of hydrogen-bond donors (Lipinski definition) is 2. The molecular weight excluding hydrogens is 218 g/mol. The van der Waals surface area contributed by atoms with Crippen LogP contribution in [0.2, 0.25) is 0 Å². The molecule has 1 heterocycles. The van der Waals surface area contributed by atoms with Gasteiger partial charge in [0.1, 0.15) is 11.4 Å². The van der Waals surface area contributed by atoms with Gasteiger partial charge in [-0.1, -0.05) is 6.07 Å². The van der Waals surface area contributed by atoms with Gasteiger partial charge in [-0.25, -0.2) is 0 Å². The van der Waals surface area contributed by atoms with Crippen LogP contribution in [0, 0.1) is 0 Å². The molecule has 1 aromatic carbocycles. The first-order chi connectivity index (χ1) is 8.11. The maximum Gasteiger partial charge on any atom is 0.278 e. The molecule has 5 heteroatoms. The number of nitrogens with two attached hydrogens (primary N) is 2. The van der Waals surface area contributed by atoms with E-state index in [1.54, 1.807) is 31.4 Å². The lowest BCUT2D eigenvalue weighted by Crippen LogP contribution is -2.21. The number of nitrogens with zero attached hydrogens (tertiary/aromatic N) is 1. The van der Waals surface area contributed by atoms with Crippen molar-refractivity contribution in [2.75, 3.05) is 18.6 Å². The zero-order valence-electron chi connectivity index (χ0n) is 9.38. The topological polar surface area (TPSA) is 83.3 Å². The molecule has 0 aliphatic heterocycles. The van der Waals surface area contributed by atoms with Crippen LogP contribution in [0.1, 0.15) is 0 Å². The SMILES string of the molecule is COc1cccc(-n2cc(N)cc(N)c2=O)c1. The Balaban J connectivity index is 2.63. The van der Waals surface area contributed by atoms with Gasteiger partial charge in [0.2, 0.25) is 0 Å². The fraction of sp³-hybridized carbons (Fsp3) is 0.0833. The Labute approximate surface area is 98.2 Å². The minimum absolute atomic E-state index is 0.118. The first-order valence-electron chi connectivity index (χ1n) is 5.04. The fourth-order valence-corrected chi connectivity index (χ4v) is 1.58. The summed E-state index contributed by atoms with van der Waals surface area (Å²) in [6.45, 7) is 0. The highest BCUT2D eigenvalue weighted by molar-refractivity contribution is 5.52. The van der Waals surface area contributed by atoms with Gasteiger partial charge in [-0.05, 0) is 18.2 Å². The quantitative estimate of drug-likeness (QED) is 0.808. The average molecular weight is 231 g/mol. The van der Waals surface area contributed by atoms with E-state index in [2.05, 4.69) is 0 Å². The van der Waals surface area contributed by atoms with E-state index >= 15 is 0 Å². The Bertz CT molecular complexity index is 605. The Morgan fingerprint density at radius 1 is 1.24 bits per heavy atom. The van der Waals surface area contributed by atoms with Gasteiger partial charge in [0.05, 0.1) is 18.5 Å². The monoisotopic (exact) mass is 231 g/mol. The summed E-state index contributed by atoms with van der Waals surface area (Å²) in [5.74, 6) is 0.662. The van der Waals surface area contributed by atoms with Crippen molar-refractivity contribution >= 4 is 11.4 Å². The highest BCUT2D eigenvalue weighted by Gasteiger charge is 2.05. The molecule has 88 valence electrons. The van der Waals surface area contributed by atoms with E-state index < -0.39 is 0 Å². The van der Waals surface area contributed by atoms with E-state index in [9.17, 15) is 4.79 Å². The fourth-order valence-electron chi connectivity index (χ4n) is 1.58. The van der Waals surface area contributed by atoms with Gasteiger partial charge in [-0.15, -0.1) is 0 Å². The van der Waals surface area contributed by atoms with Crippen LogP contribution in [0.3, 0.4) is 0 Å². The van der Waals surface area contributed by atoms with Crippen molar-refractivity contribution in [3.8, 4) is 11.4 Å². The summed E-state index contributed by atoms with van der Waals surface area (Å²) >= 11 is 0. The Morgan fingerprint density at radius 3 is 2.71 bits per heavy atom. The highest BCUT2D eigenvalue weighted by atomic mass is 16.5. The van der Waals surface area contributed by atoms with Crippen molar-refractivity contribution < 1.29 is 4.74 Å². The predicted molar refractivity (Wildman–Crippen MR) is 67.4 cm³/mol.